The second kappa shape index (κ2) is 9.16. The number of aryl methyl sites for hydroxylation is 2. The lowest BCUT2D eigenvalue weighted by atomic mass is 10.1. The van der Waals surface area contributed by atoms with Crippen LogP contribution in [0.1, 0.15) is 35.3 Å². The van der Waals surface area contributed by atoms with Crippen molar-refractivity contribution in [2.24, 2.45) is 0 Å². The first-order valence-electron chi connectivity index (χ1n) is 9.60. The van der Waals surface area contributed by atoms with Crippen LogP contribution in [0.4, 0.5) is 5.13 Å². The zero-order valence-corrected chi connectivity index (χ0v) is 19.2. The zero-order valence-electron chi connectivity index (χ0n) is 16.8. The third-order valence-corrected chi connectivity index (χ3v) is 6.66. The molecule has 148 valence electrons. The van der Waals surface area contributed by atoms with E-state index in [1.807, 2.05) is 29.2 Å². The lowest BCUT2D eigenvalue weighted by Gasteiger charge is -2.24. The van der Waals surface area contributed by atoms with Crippen LogP contribution in [0, 0.1) is 13.8 Å². The molecule has 0 saturated heterocycles. The molecule has 0 unspecified atom stereocenters. The largest absolute Gasteiger partial charge is 0.302 e. The number of benzene rings is 2. The monoisotopic (exact) mass is 459 g/mol. The van der Waals surface area contributed by atoms with E-state index in [2.05, 4.69) is 60.7 Å². The summed E-state index contributed by atoms with van der Waals surface area (Å²) in [7, 11) is 0. The molecule has 6 heteroatoms. The summed E-state index contributed by atoms with van der Waals surface area (Å²) in [6.45, 7) is 11.9. The predicted molar refractivity (Wildman–Crippen MR) is 123 cm³/mol. The highest BCUT2D eigenvalue weighted by Crippen LogP contribution is 2.31. The summed E-state index contributed by atoms with van der Waals surface area (Å²) in [6.07, 6.45) is 0. The fourth-order valence-electron chi connectivity index (χ4n) is 3.10. The summed E-state index contributed by atoms with van der Waals surface area (Å²) < 4.78 is 2.08. The second-order valence-corrected chi connectivity index (χ2v) is 8.82. The molecule has 0 fully saturated rings. The topological polar surface area (TPSA) is 36.4 Å². The van der Waals surface area contributed by atoms with E-state index in [0.717, 1.165) is 39.5 Å². The average molecular weight is 460 g/mol. The van der Waals surface area contributed by atoms with Crippen LogP contribution in [0.15, 0.2) is 40.9 Å². The van der Waals surface area contributed by atoms with E-state index in [1.54, 1.807) is 11.3 Å². The van der Waals surface area contributed by atoms with Crippen LogP contribution in [-0.2, 0) is 0 Å². The molecule has 4 nitrogen and oxygen atoms in total. The van der Waals surface area contributed by atoms with Crippen molar-refractivity contribution in [1.29, 1.82) is 0 Å². The smallest absolute Gasteiger partial charge is 0.260 e. The quantitative estimate of drug-likeness (QED) is 0.456. The van der Waals surface area contributed by atoms with Gasteiger partial charge in [-0.2, -0.15) is 0 Å². The molecule has 1 heterocycles. The summed E-state index contributed by atoms with van der Waals surface area (Å²) in [5.41, 5.74) is 4.10. The summed E-state index contributed by atoms with van der Waals surface area (Å²) >= 11 is 5.03. The van der Waals surface area contributed by atoms with Gasteiger partial charge in [-0.25, -0.2) is 4.98 Å². The van der Waals surface area contributed by atoms with Crippen molar-refractivity contribution in [1.82, 2.24) is 9.88 Å². The predicted octanol–water partition coefficient (Wildman–Crippen LogP) is 5.66. The van der Waals surface area contributed by atoms with Crippen LogP contribution < -0.4 is 4.90 Å². The van der Waals surface area contributed by atoms with Crippen LogP contribution >= 0.6 is 27.3 Å². The molecule has 0 bridgehead atoms. The third-order valence-electron chi connectivity index (χ3n) is 5.09. The Morgan fingerprint density at radius 1 is 1.04 bits per heavy atom. The lowest BCUT2D eigenvalue weighted by molar-refractivity contribution is 0.0984. The number of halogens is 1. The average Bonchev–Trinajstić information content (AvgIpc) is 3.08. The van der Waals surface area contributed by atoms with E-state index in [1.165, 1.54) is 11.1 Å². The highest BCUT2D eigenvalue weighted by molar-refractivity contribution is 9.10. The van der Waals surface area contributed by atoms with Gasteiger partial charge >= 0.3 is 0 Å². The highest BCUT2D eigenvalue weighted by Gasteiger charge is 2.22. The van der Waals surface area contributed by atoms with Gasteiger partial charge < -0.3 is 4.90 Å². The number of thiazole rings is 1. The fraction of sp³-hybridized carbons (Fsp3) is 0.364. The maximum atomic E-state index is 13.3. The number of likely N-dealkylation sites (N-methyl/N-ethyl adjacent to an activating group) is 1. The van der Waals surface area contributed by atoms with Crippen molar-refractivity contribution in [2.75, 3.05) is 31.1 Å². The van der Waals surface area contributed by atoms with E-state index in [0.29, 0.717) is 12.1 Å². The minimum atomic E-state index is -0.00726. The third kappa shape index (κ3) is 4.62. The Morgan fingerprint density at radius 2 is 1.68 bits per heavy atom. The Bertz CT molecular complexity index is 925. The molecule has 1 amide bonds. The van der Waals surface area contributed by atoms with Gasteiger partial charge in [0.25, 0.3) is 5.91 Å². The minimum absolute atomic E-state index is 0.00726. The number of carbonyl (C=O) groups is 1. The molecule has 2 aromatic carbocycles. The SMILES string of the molecule is CCN(CC)CCN(C(=O)c1ccc(Br)cc1)c1nc2cc(C)c(C)cc2s1. The first-order chi connectivity index (χ1) is 13.4. The van der Waals surface area contributed by atoms with Gasteiger partial charge in [-0.3, -0.25) is 9.69 Å². The second-order valence-electron chi connectivity index (χ2n) is 6.89. The number of rotatable bonds is 7. The number of hydrogen-bond donors (Lipinski definition) is 0. The standard InChI is InChI=1S/C22H26BrN3OS/c1-5-25(6-2)11-12-26(21(27)17-7-9-18(23)10-8-17)22-24-19-13-15(3)16(4)14-20(19)28-22/h7-10,13-14H,5-6,11-12H2,1-4H3. The van der Waals surface area contributed by atoms with Crippen LogP contribution in [0.5, 0.6) is 0 Å². The van der Waals surface area contributed by atoms with Crippen LogP contribution in [0.25, 0.3) is 10.2 Å². The summed E-state index contributed by atoms with van der Waals surface area (Å²) in [5.74, 6) is -0.00726. The minimum Gasteiger partial charge on any atom is -0.302 e. The summed E-state index contributed by atoms with van der Waals surface area (Å²) in [5, 5.41) is 0.764. The van der Waals surface area contributed by atoms with Crippen LogP contribution in [0.3, 0.4) is 0 Å². The molecular weight excluding hydrogens is 434 g/mol. The van der Waals surface area contributed by atoms with Crippen molar-refractivity contribution in [2.45, 2.75) is 27.7 Å². The van der Waals surface area contributed by atoms with Gasteiger partial charge in [0.15, 0.2) is 5.13 Å². The molecule has 0 N–H and O–H groups in total. The first-order valence-corrected chi connectivity index (χ1v) is 11.2. The van der Waals surface area contributed by atoms with Gasteiger partial charge in [-0.05, 0) is 74.5 Å². The van der Waals surface area contributed by atoms with Gasteiger partial charge in [-0.15, -0.1) is 0 Å². The maximum absolute atomic E-state index is 13.3. The molecule has 3 rings (SSSR count). The van der Waals surface area contributed by atoms with E-state index in [-0.39, 0.29) is 5.91 Å². The molecule has 0 spiro atoms. The van der Waals surface area contributed by atoms with Gasteiger partial charge in [0, 0.05) is 23.1 Å². The number of amides is 1. The van der Waals surface area contributed by atoms with Crippen molar-refractivity contribution in [3.05, 3.63) is 57.6 Å². The van der Waals surface area contributed by atoms with Crippen molar-refractivity contribution in [3.8, 4) is 0 Å². The van der Waals surface area contributed by atoms with Gasteiger partial charge in [0.05, 0.1) is 10.2 Å². The summed E-state index contributed by atoms with van der Waals surface area (Å²) in [6, 6.07) is 11.8. The molecule has 0 radical (unpaired) electrons. The van der Waals surface area contributed by atoms with Gasteiger partial charge in [0.2, 0.25) is 0 Å². The molecular formula is C22H26BrN3OS. The number of nitrogens with zero attached hydrogens (tertiary/aromatic N) is 3. The van der Waals surface area contributed by atoms with E-state index in [4.69, 9.17) is 4.98 Å². The van der Waals surface area contributed by atoms with Crippen LogP contribution in [-0.4, -0.2) is 42.0 Å². The molecule has 0 aliphatic carbocycles. The molecule has 0 atom stereocenters. The lowest BCUT2D eigenvalue weighted by Crippen LogP contribution is -2.38. The van der Waals surface area contributed by atoms with Crippen molar-refractivity contribution >= 4 is 48.5 Å². The Balaban J connectivity index is 1.97. The zero-order chi connectivity index (χ0) is 20.3. The number of hydrogen-bond acceptors (Lipinski definition) is 4. The molecule has 0 aliphatic heterocycles. The first kappa shape index (κ1) is 21.0. The molecule has 1 aromatic heterocycles. The van der Waals surface area contributed by atoms with E-state index >= 15 is 0 Å². The van der Waals surface area contributed by atoms with Gasteiger partial charge in [-0.1, -0.05) is 41.1 Å². The Morgan fingerprint density at radius 3 is 2.32 bits per heavy atom. The molecule has 0 saturated carbocycles. The van der Waals surface area contributed by atoms with Crippen molar-refractivity contribution in [3.63, 3.8) is 0 Å². The molecule has 28 heavy (non-hydrogen) atoms. The molecule has 3 aromatic rings. The number of anilines is 1. The molecule has 0 aliphatic rings. The Hall–Kier alpha value is -1.76. The number of aromatic nitrogens is 1. The van der Waals surface area contributed by atoms with Crippen LogP contribution in [0.2, 0.25) is 0 Å². The summed E-state index contributed by atoms with van der Waals surface area (Å²) in [4.78, 5) is 22.3. The Labute approximate surface area is 179 Å². The number of fused-ring (bicyclic) bond motifs is 1. The Kier molecular flexibility index (Phi) is 6.86. The fourth-order valence-corrected chi connectivity index (χ4v) is 4.43. The van der Waals surface area contributed by atoms with Gasteiger partial charge in [0.1, 0.15) is 0 Å². The van der Waals surface area contributed by atoms with E-state index < -0.39 is 0 Å². The van der Waals surface area contributed by atoms with Crippen molar-refractivity contribution < 1.29 is 4.79 Å². The van der Waals surface area contributed by atoms with E-state index in [9.17, 15) is 4.79 Å². The number of carbonyl (C=O) groups excluding carboxylic acids is 1. The maximum Gasteiger partial charge on any atom is 0.260 e. The highest BCUT2D eigenvalue weighted by atomic mass is 79.9. The normalized spacial score (nSPS) is 11.4.